The van der Waals surface area contributed by atoms with Crippen molar-refractivity contribution in [2.45, 2.75) is 32.1 Å². The van der Waals surface area contributed by atoms with Crippen LogP contribution in [0.4, 0.5) is 0 Å². The second-order valence-corrected chi connectivity index (χ2v) is 5.00. The molecule has 0 heterocycles. The van der Waals surface area contributed by atoms with Gasteiger partial charge in [-0.05, 0) is 47.9 Å². The third kappa shape index (κ3) is 2.22. The van der Waals surface area contributed by atoms with Gasteiger partial charge in [-0.25, -0.2) is 0 Å². The first-order valence-corrected chi connectivity index (χ1v) is 5.96. The van der Waals surface area contributed by atoms with Crippen molar-refractivity contribution in [1.29, 1.82) is 0 Å². The van der Waals surface area contributed by atoms with Crippen LogP contribution < -0.4 is 0 Å². The Morgan fingerprint density at radius 3 is 3.00 bits per heavy atom. The van der Waals surface area contributed by atoms with Crippen molar-refractivity contribution >= 4 is 17.6 Å². The van der Waals surface area contributed by atoms with Crippen LogP contribution in [0.25, 0.3) is 0 Å². The Kier molecular flexibility index (Phi) is 3.20. The van der Waals surface area contributed by atoms with Crippen molar-refractivity contribution in [3.63, 3.8) is 0 Å². The van der Waals surface area contributed by atoms with E-state index < -0.39 is 5.97 Å². The van der Waals surface area contributed by atoms with E-state index in [0.29, 0.717) is 10.9 Å². The average molecular weight is 239 g/mol. The van der Waals surface area contributed by atoms with Crippen molar-refractivity contribution in [1.82, 2.24) is 0 Å². The van der Waals surface area contributed by atoms with Gasteiger partial charge in [0.05, 0.1) is 6.42 Å². The van der Waals surface area contributed by atoms with Crippen LogP contribution in [0.1, 0.15) is 36.8 Å². The van der Waals surface area contributed by atoms with Crippen LogP contribution in [0.3, 0.4) is 0 Å². The summed E-state index contributed by atoms with van der Waals surface area (Å²) >= 11 is 5.98. The summed E-state index contributed by atoms with van der Waals surface area (Å²) in [5.41, 5.74) is 2.39. The highest BCUT2D eigenvalue weighted by atomic mass is 35.5. The highest BCUT2D eigenvalue weighted by Crippen LogP contribution is 2.39. The molecule has 0 aromatic heterocycles. The number of halogens is 1. The summed E-state index contributed by atoms with van der Waals surface area (Å²) in [6.07, 6.45) is 2.30. The topological polar surface area (TPSA) is 37.3 Å². The minimum atomic E-state index is -0.732. The van der Waals surface area contributed by atoms with E-state index >= 15 is 0 Å². The molecule has 0 radical (unpaired) electrons. The number of rotatable bonds is 2. The number of fused-ring (bicyclic) bond motifs is 1. The molecule has 2 atom stereocenters. The Hall–Kier alpha value is -1.02. The normalized spacial score (nSPS) is 23.9. The Labute approximate surface area is 100 Å². The van der Waals surface area contributed by atoms with Crippen LogP contribution in [0.15, 0.2) is 18.2 Å². The second kappa shape index (κ2) is 4.46. The summed E-state index contributed by atoms with van der Waals surface area (Å²) < 4.78 is 0. The van der Waals surface area contributed by atoms with Crippen LogP contribution >= 0.6 is 11.6 Å². The highest BCUT2D eigenvalue weighted by molar-refractivity contribution is 6.30. The first-order chi connectivity index (χ1) is 7.58. The first kappa shape index (κ1) is 11.5. The molecule has 3 heteroatoms. The summed E-state index contributed by atoms with van der Waals surface area (Å²) in [7, 11) is 0. The van der Waals surface area contributed by atoms with Crippen molar-refractivity contribution in [2.75, 3.05) is 0 Å². The largest absolute Gasteiger partial charge is 0.481 e. The minimum absolute atomic E-state index is 0.111. The third-order valence-corrected chi connectivity index (χ3v) is 3.69. The lowest BCUT2D eigenvalue weighted by Gasteiger charge is -2.30. The molecule has 16 heavy (non-hydrogen) atoms. The molecule has 1 aliphatic rings. The average Bonchev–Trinajstić information content (AvgIpc) is 2.22. The third-order valence-electron chi connectivity index (χ3n) is 3.46. The fraction of sp³-hybridized carbons (Fsp3) is 0.462. The van der Waals surface area contributed by atoms with E-state index in [0.717, 1.165) is 18.4 Å². The summed E-state index contributed by atoms with van der Waals surface area (Å²) in [5, 5.41) is 9.64. The molecular weight excluding hydrogens is 224 g/mol. The zero-order chi connectivity index (χ0) is 11.7. The molecule has 0 aliphatic heterocycles. The Bertz CT molecular complexity index is 414. The summed E-state index contributed by atoms with van der Waals surface area (Å²) in [6, 6.07) is 5.84. The molecule has 0 spiro atoms. The van der Waals surface area contributed by atoms with Crippen LogP contribution in [-0.2, 0) is 11.2 Å². The van der Waals surface area contributed by atoms with Crippen molar-refractivity contribution in [3.8, 4) is 0 Å². The monoisotopic (exact) mass is 238 g/mol. The standard InChI is InChI=1S/C13H15ClO2/c1-8-2-3-9-4-5-10(14)6-12(9)11(8)7-13(15)16/h4-6,8,11H,2-3,7H2,1H3,(H,15,16). The van der Waals surface area contributed by atoms with Gasteiger partial charge in [-0.1, -0.05) is 24.6 Å². The van der Waals surface area contributed by atoms with Crippen LogP contribution in [0.2, 0.25) is 5.02 Å². The van der Waals surface area contributed by atoms with E-state index in [1.807, 2.05) is 18.2 Å². The maximum atomic E-state index is 10.9. The van der Waals surface area contributed by atoms with Gasteiger partial charge in [0.15, 0.2) is 0 Å². The smallest absolute Gasteiger partial charge is 0.303 e. The first-order valence-electron chi connectivity index (χ1n) is 5.58. The molecule has 1 N–H and O–H groups in total. The zero-order valence-corrected chi connectivity index (χ0v) is 10.00. The molecule has 2 rings (SSSR count). The highest BCUT2D eigenvalue weighted by Gasteiger charge is 2.28. The predicted molar refractivity (Wildman–Crippen MR) is 63.9 cm³/mol. The van der Waals surface area contributed by atoms with E-state index in [-0.39, 0.29) is 12.3 Å². The van der Waals surface area contributed by atoms with Gasteiger partial charge in [0, 0.05) is 5.02 Å². The van der Waals surface area contributed by atoms with Gasteiger partial charge in [0.2, 0.25) is 0 Å². The molecule has 0 fully saturated rings. The maximum absolute atomic E-state index is 10.9. The molecule has 1 aromatic rings. The quantitative estimate of drug-likeness (QED) is 0.857. The number of hydrogen-bond acceptors (Lipinski definition) is 1. The molecule has 0 saturated heterocycles. The Balaban J connectivity index is 2.38. The minimum Gasteiger partial charge on any atom is -0.481 e. The number of aryl methyl sites for hydroxylation is 1. The molecule has 1 aliphatic carbocycles. The van der Waals surface area contributed by atoms with E-state index in [2.05, 4.69) is 6.92 Å². The summed E-state index contributed by atoms with van der Waals surface area (Å²) in [4.78, 5) is 10.9. The van der Waals surface area contributed by atoms with Gasteiger partial charge < -0.3 is 5.11 Å². The SMILES string of the molecule is CC1CCc2ccc(Cl)cc2C1CC(=O)O. The van der Waals surface area contributed by atoms with E-state index in [9.17, 15) is 4.79 Å². The fourth-order valence-corrected chi connectivity index (χ4v) is 2.71. The molecule has 1 aromatic carbocycles. The van der Waals surface area contributed by atoms with Gasteiger partial charge in [0.1, 0.15) is 0 Å². The number of carboxylic acids is 1. The number of aliphatic carboxylic acids is 1. The molecule has 0 bridgehead atoms. The van der Waals surface area contributed by atoms with Gasteiger partial charge in [-0.3, -0.25) is 4.79 Å². The number of benzene rings is 1. The maximum Gasteiger partial charge on any atom is 0.303 e. The van der Waals surface area contributed by atoms with E-state index in [4.69, 9.17) is 16.7 Å². The number of carboxylic acid groups (broad SMARTS) is 1. The van der Waals surface area contributed by atoms with Gasteiger partial charge in [0.25, 0.3) is 0 Å². The van der Waals surface area contributed by atoms with Crippen LogP contribution in [0, 0.1) is 5.92 Å². The predicted octanol–water partition coefficient (Wildman–Crippen LogP) is 3.48. The number of hydrogen-bond donors (Lipinski definition) is 1. The number of carbonyl (C=O) groups is 1. The van der Waals surface area contributed by atoms with Gasteiger partial charge >= 0.3 is 5.97 Å². The summed E-state index contributed by atoms with van der Waals surface area (Å²) in [6.45, 7) is 2.12. The molecule has 2 nitrogen and oxygen atoms in total. The lowest BCUT2D eigenvalue weighted by molar-refractivity contribution is -0.137. The summed E-state index contributed by atoms with van der Waals surface area (Å²) in [5.74, 6) is -0.202. The lowest BCUT2D eigenvalue weighted by atomic mass is 9.74. The Morgan fingerprint density at radius 1 is 1.56 bits per heavy atom. The molecular formula is C13H15ClO2. The Morgan fingerprint density at radius 2 is 2.31 bits per heavy atom. The zero-order valence-electron chi connectivity index (χ0n) is 9.24. The van der Waals surface area contributed by atoms with Crippen LogP contribution in [-0.4, -0.2) is 11.1 Å². The van der Waals surface area contributed by atoms with Gasteiger partial charge in [-0.15, -0.1) is 0 Å². The second-order valence-electron chi connectivity index (χ2n) is 4.56. The molecule has 0 amide bonds. The van der Waals surface area contributed by atoms with Crippen LogP contribution in [0.5, 0.6) is 0 Å². The lowest BCUT2D eigenvalue weighted by Crippen LogP contribution is -2.21. The fourth-order valence-electron chi connectivity index (χ4n) is 2.53. The van der Waals surface area contributed by atoms with Crippen molar-refractivity contribution in [2.24, 2.45) is 5.92 Å². The molecule has 2 unspecified atom stereocenters. The molecule has 86 valence electrons. The van der Waals surface area contributed by atoms with E-state index in [1.165, 1.54) is 5.56 Å². The van der Waals surface area contributed by atoms with Gasteiger partial charge in [-0.2, -0.15) is 0 Å². The van der Waals surface area contributed by atoms with Crippen molar-refractivity contribution in [3.05, 3.63) is 34.3 Å². The molecule has 0 saturated carbocycles. The van der Waals surface area contributed by atoms with Crippen molar-refractivity contribution < 1.29 is 9.90 Å². The van der Waals surface area contributed by atoms with E-state index in [1.54, 1.807) is 0 Å².